The van der Waals surface area contributed by atoms with Crippen molar-refractivity contribution < 1.29 is 4.74 Å². The van der Waals surface area contributed by atoms with Gasteiger partial charge in [0.2, 0.25) is 0 Å². The van der Waals surface area contributed by atoms with Gasteiger partial charge in [-0.05, 0) is 47.2 Å². The maximum Gasteiger partial charge on any atom is 0.133 e. The highest BCUT2D eigenvalue weighted by Gasteiger charge is 2.06. The highest BCUT2D eigenvalue weighted by atomic mass is 79.9. The van der Waals surface area contributed by atoms with E-state index in [9.17, 15) is 0 Å². The second kappa shape index (κ2) is 6.27. The van der Waals surface area contributed by atoms with E-state index in [4.69, 9.17) is 27.9 Å². The first-order valence-electron chi connectivity index (χ1n) is 6.37. The molecule has 0 bridgehead atoms. The molecule has 0 aliphatic rings. The Kier molecular flexibility index (Phi) is 4.39. The minimum Gasteiger partial charge on any atom is -0.457 e. The molecule has 21 heavy (non-hydrogen) atoms. The molecule has 3 aromatic carbocycles. The van der Waals surface area contributed by atoms with E-state index in [-0.39, 0.29) is 0 Å². The third-order valence-corrected chi connectivity index (χ3v) is 4.19. The van der Waals surface area contributed by atoms with Gasteiger partial charge >= 0.3 is 0 Å². The Balaban J connectivity index is 1.98. The Morgan fingerprint density at radius 3 is 2.48 bits per heavy atom. The molecule has 0 atom stereocenters. The van der Waals surface area contributed by atoms with E-state index in [0.29, 0.717) is 16.7 Å². The fraction of sp³-hybridized carbons (Fsp3) is 0.0588. The van der Waals surface area contributed by atoms with Crippen LogP contribution in [0.5, 0.6) is 11.5 Å². The van der Waals surface area contributed by atoms with Crippen LogP contribution >= 0.6 is 39.1 Å². The van der Waals surface area contributed by atoms with Gasteiger partial charge in [0.05, 0.1) is 5.88 Å². The smallest absolute Gasteiger partial charge is 0.133 e. The van der Waals surface area contributed by atoms with Crippen LogP contribution < -0.4 is 4.74 Å². The number of halogens is 3. The van der Waals surface area contributed by atoms with Crippen molar-refractivity contribution in [2.75, 3.05) is 0 Å². The monoisotopic (exact) mass is 380 g/mol. The Morgan fingerprint density at radius 2 is 1.67 bits per heavy atom. The van der Waals surface area contributed by atoms with Crippen molar-refractivity contribution >= 4 is 49.9 Å². The Labute approximate surface area is 141 Å². The zero-order valence-corrected chi connectivity index (χ0v) is 14.0. The molecule has 0 radical (unpaired) electrons. The summed E-state index contributed by atoms with van der Waals surface area (Å²) in [5.41, 5.74) is 0.914. The molecule has 0 amide bonds. The number of hydrogen-bond acceptors (Lipinski definition) is 1. The molecule has 0 spiro atoms. The summed E-state index contributed by atoms with van der Waals surface area (Å²) < 4.78 is 7.00. The van der Waals surface area contributed by atoms with E-state index in [1.54, 1.807) is 6.07 Å². The number of hydrogen-bond donors (Lipinski definition) is 0. The van der Waals surface area contributed by atoms with Gasteiger partial charge in [0.15, 0.2) is 0 Å². The second-order valence-electron chi connectivity index (χ2n) is 4.64. The molecule has 0 saturated heterocycles. The van der Waals surface area contributed by atoms with E-state index in [0.717, 1.165) is 26.6 Å². The normalized spacial score (nSPS) is 10.8. The zero-order valence-electron chi connectivity index (χ0n) is 10.9. The summed E-state index contributed by atoms with van der Waals surface area (Å²) >= 11 is 15.4. The van der Waals surface area contributed by atoms with Crippen LogP contribution in [0.15, 0.2) is 59.1 Å². The van der Waals surface area contributed by atoms with Crippen molar-refractivity contribution in [1.29, 1.82) is 0 Å². The number of ether oxygens (including phenoxy) is 1. The van der Waals surface area contributed by atoms with Crippen molar-refractivity contribution in [3.8, 4) is 11.5 Å². The summed E-state index contributed by atoms with van der Waals surface area (Å²) in [5, 5.41) is 2.90. The van der Waals surface area contributed by atoms with E-state index < -0.39 is 0 Å². The van der Waals surface area contributed by atoms with Gasteiger partial charge in [-0.3, -0.25) is 0 Å². The molecule has 3 rings (SSSR count). The van der Waals surface area contributed by atoms with Crippen LogP contribution in [0.1, 0.15) is 5.56 Å². The van der Waals surface area contributed by atoms with Crippen LogP contribution in [0.25, 0.3) is 10.8 Å². The van der Waals surface area contributed by atoms with E-state index in [2.05, 4.69) is 22.0 Å². The minimum atomic E-state index is 0.382. The van der Waals surface area contributed by atoms with Gasteiger partial charge < -0.3 is 4.74 Å². The predicted octanol–water partition coefficient (Wildman–Crippen LogP) is 6.79. The molecular weight excluding hydrogens is 371 g/mol. The van der Waals surface area contributed by atoms with Gasteiger partial charge in [-0.15, -0.1) is 11.6 Å². The van der Waals surface area contributed by atoms with Crippen molar-refractivity contribution in [2.45, 2.75) is 5.88 Å². The number of fused-ring (bicyclic) bond motifs is 1. The lowest BCUT2D eigenvalue weighted by Crippen LogP contribution is -1.90. The summed E-state index contributed by atoms with van der Waals surface area (Å²) in [6, 6.07) is 17.6. The standard InChI is InChI=1S/C17H11BrCl2O/c18-14-4-1-12-8-16(6-3-11(12)7-14)21-17-9-15(20)5-2-13(17)10-19/h1-9H,10H2. The van der Waals surface area contributed by atoms with Crippen LogP contribution in [0.2, 0.25) is 5.02 Å². The predicted molar refractivity (Wildman–Crippen MR) is 92.7 cm³/mol. The highest BCUT2D eigenvalue weighted by Crippen LogP contribution is 2.31. The average molecular weight is 382 g/mol. The zero-order chi connectivity index (χ0) is 14.8. The molecule has 4 heteroatoms. The molecule has 3 aromatic rings. The molecule has 0 fully saturated rings. The van der Waals surface area contributed by atoms with Crippen LogP contribution in [-0.4, -0.2) is 0 Å². The van der Waals surface area contributed by atoms with Crippen LogP contribution in [0.4, 0.5) is 0 Å². The number of rotatable bonds is 3. The molecule has 0 heterocycles. The molecule has 0 N–H and O–H groups in total. The second-order valence-corrected chi connectivity index (χ2v) is 6.26. The van der Waals surface area contributed by atoms with Crippen molar-refractivity contribution in [3.05, 3.63) is 69.7 Å². The molecular formula is C17H11BrCl2O. The van der Waals surface area contributed by atoms with Crippen molar-refractivity contribution in [2.24, 2.45) is 0 Å². The molecule has 0 unspecified atom stereocenters. The third kappa shape index (κ3) is 3.34. The van der Waals surface area contributed by atoms with Gasteiger partial charge in [0, 0.05) is 15.1 Å². The largest absolute Gasteiger partial charge is 0.457 e. The maximum atomic E-state index is 6.02. The molecule has 0 aliphatic heterocycles. The third-order valence-electron chi connectivity index (χ3n) is 3.17. The topological polar surface area (TPSA) is 9.23 Å². The highest BCUT2D eigenvalue weighted by molar-refractivity contribution is 9.10. The molecule has 106 valence electrons. The van der Waals surface area contributed by atoms with Gasteiger partial charge in [0.25, 0.3) is 0 Å². The first kappa shape index (κ1) is 14.7. The van der Waals surface area contributed by atoms with E-state index >= 15 is 0 Å². The lowest BCUT2D eigenvalue weighted by molar-refractivity contribution is 0.479. The summed E-state index contributed by atoms with van der Waals surface area (Å²) in [6.45, 7) is 0. The minimum absolute atomic E-state index is 0.382. The molecule has 0 aromatic heterocycles. The fourth-order valence-electron chi connectivity index (χ4n) is 2.12. The average Bonchev–Trinajstić information content (AvgIpc) is 2.48. The lowest BCUT2D eigenvalue weighted by atomic mass is 10.1. The quantitative estimate of drug-likeness (QED) is 0.454. The Bertz CT molecular complexity index is 802. The Hall–Kier alpha value is -1.22. The first-order chi connectivity index (χ1) is 10.2. The summed E-state index contributed by atoms with van der Waals surface area (Å²) in [5.74, 6) is 1.83. The Morgan fingerprint density at radius 1 is 0.905 bits per heavy atom. The molecule has 1 nitrogen and oxygen atoms in total. The summed E-state index contributed by atoms with van der Waals surface area (Å²) in [7, 11) is 0. The number of benzene rings is 3. The van der Waals surface area contributed by atoms with Crippen LogP contribution in [-0.2, 0) is 5.88 Å². The van der Waals surface area contributed by atoms with E-state index in [1.165, 1.54) is 0 Å². The van der Waals surface area contributed by atoms with Gasteiger partial charge in [0.1, 0.15) is 11.5 Å². The van der Waals surface area contributed by atoms with Crippen molar-refractivity contribution in [3.63, 3.8) is 0 Å². The van der Waals surface area contributed by atoms with E-state index in [1.807, 2.05) is 42.5 Å². The summed E-state index contributed by atoms with van der Waals surface area (Å²) in [6.07, 6.45) is 0. The fourth-order valence-corrected chi connectivity index (χ4v) is 2.88. The van der Waals surface area contributed by atoms with Gasteiger partial charge in [-0.25, -0.2) is 0 Å². The first-order valence-corrected chi connectivity index (χ1v) is 8.08. The van der Waals surface area contributed by atoms with Crippen molar-refractivity contribution in [1.82, 2.24) is 0 Å². The summed E-state index contributed by atoms with van der Waals surface area (Å²) in [4.78, 5) is 0. The van der Waals surface area contributed by atoms with Gasteiger partial charge in [-0.1, -0.05) is 45.7 Å². The SMILES string of the molecule is ClCc1ccc(Cl)cc1Oc1ccc2cc(Br)ccc2c1. The van der Waals surface area contributed by atoms with Crippen LogP contribution in [0.3, 0.4) is 0 Å². The molecule has 0 aliphatic carbocycles. The van der Waals surface area contributed by atoms with Gasteiger partial charge in [-0.2, -0.15) is 0 Å². The molecule has 0 saturated carbocycles. The van der Waals surface area contributed by atoms with Crippen LogP contribution in [0, 0.1) is 0 Å². The maximum absolute atomic E-state index is 6.02. The lowest BCUT2D eigenvalue weighted by Gasteiger charge is -2.11. The number of alkyl halides is 1.